The zero-order valence-electron chi connectivity index (χ0n) is 18.9. The van der Waals surface area contributed by atoms with Gasteiger partial charge in [-0.05, 0) is 49.4 Å². The number of nitrogens with zero attached hydrogens (tertiary/aromatic N) is 4. The van der Waals surface area contributed by atoms with Crippen LogP contribution in [0.1, 0.15) is 38.5 Å². The van der Waals surface area contributed by atoms with Crippen molar-refractivity contribution in [2.75, 3.05) is 38.0 Å². The SMILES string of the molecule is CCCN1CCN(C(=O)c2ccc(OCc3nnc(C(=O)Nc4ccccc4F)s3)cc2)CC1. The maximum Gasteiger partial charge on any atom is 0.286 e. The largest absolute Gasteiger partial charge is 0.486 e. The Morgan fingerprint density at radius 3 is 2.50 bits per heavy atom. The first kappa shape index (κ1) is 23.8. The first-order valence-electron chi connectivity index (χ1n) is 11.2. The fourth-order valence-corrected chi connectivity index (χ4v) is 4.30. The number of halogens is 1. The molecule has 0 bridgehead atoms. The highest BCUT2D eigenvalue weighted by Crippen LogP contribution is 2.19. The van der Waals surface area contributed by atoms with Crippen LogP contribution in [0, 0.1) is 5.82 Å². The second-order valence-corrected chi connectivity index (χ2v) is 8.94. The molecule has 0 saturated carbocycles. The fourth-order valence-electron chi connectivity index (χ4n) is 3.65. The molecule has 2 heterocycles. The van der Waals surface area contributed by atoms with Gasteiger partial charge >= 0.3 is 0 Å². The van der Waals surface area contributed by atoms with Gasteiger partial charge in [0.15, 0.2) is 5.01 Å². The number of amides is 2. The van der Waals surface area contributed by atoms with Crippen molar-refractivity contribution in [2.45, 2.75) is 20.0 Å². The number of anilines is 1. The van der Waals surface area contributed by atoms with Crippen molar-refractivity contribution in [1.82, 2.24) is 20.0 Å². The number of piperazine rings is 1. The molecule has 4 rings (SSSR count). The van der Waals surface area contributed by atoms with Crippen molar-refractivity contribution in [3.05, 3.63) is 69.9 Å². The summed E-state index contributed by atoms with van der Waals surface area (Å²) >= 11 is 1.07. The Morgan fingerprint density at radius 1 is 1.06 bits per heavy atom. The first-order chi connectivity index (χ1) is 16.5. The van der Waals surface area contributed by atoms with E-state index in [1.807, 2.05) is 4.90 Å². The van der Waals surface area contributed by atoms with Crippen molar-refractivity contribution < 1.29 is 18.7 Å². The van der Waals surface area contributed by atoms with Gasteiger partial charge in [-0.1, -0.05) is 30.4 Å². The Kier molecular flexibility index (Phi) is 7.81. The minimum absolute atomic E-state index is 0.0253. The molecule has 8 nitrogen and oxygen atoms in total. The molecule has 0 atom stereocenters. The van der Waals surface area contributed by atoms with E-state index in [1.54, 1.807) is 36.4 Å². The maximum absolute atomic E-state index is 13.7. The topological polar surface area (TPSA) is 87.7 Å². The number of carbonyl (C=O) groups is 2. The molecule has 0 spiro atoms. The van der Waals surface area contributed by atoms with E-state index in [0.29, 0.717) is 16.3 Å². The molecule has 2 amide bonds. The van der Waals surface area contributed by atoms with Gasteiger partial charge in [0.25, 0.3) is 11.8 Å². The summed E-state index contributed by atoms with van der Waals surface area (Å²) in [7, 11) is 0. The van der Waals surface area contributed by atoms with Gasteiger partial charge in [0.05, 0.1) is 5.69 Å². The van der Waals surface area contributed by atoms with Crippen molar-refractivity contribution >= 4 is 28.8 Å². The van der Waals surface area contributed by atoms with Gasteiger partial charge in [-0.2, -0.15) is 0 Å². The number of rotatable bonds is 8. The van der Waals surface area contributed by atoms with Gasteiger partial charge in [-0.3, -0.25) is 14.5 Å². The second-order valence-electron chi connectivity index (χ2n) is 7.88. The number of hydrogen-bond acceptors (Lipinski definition) is 7. The Morgan fingerprint density at radius 2 is 1.79 bits per heavy atom. The third-order valence-corrected chi connectivity index (χ3v) is 6.34. The summed E-state index contributed by atoms with van der Waals surface area (Å²) in [5.41, 5.74) is 0.706. The molecule has 2 aromatic carbocycles. The van der Waals surface area contributed by atoms with Gasteiger partial charge in [-0.25, -0.2) is 4.39 Å². The lowest BCUT2D eigenvalue weighted by Gasteiger charge is -2.34. The molecular weight excluding hydrogens is 457 g/mol. The molecule has 1 aliphatic heterocycles. The Balaban J connectivity index is 1.28. The van der Waals surface area contributed by atoms with Gasteiger partial charge in [0.1, 0.15) is 18.2 Å². The normalized spacial score (nSPS) is 14.1. The van der Waals surface area contributed by atoms with Gasteiger partial charge in [0.2, 0.25) is 5.01 Å². The van der Waals surface area contributed by atoms with Crippen LogP contribution in [0.25, 0.3) is 0 Å². The minimum Gasteiger partial charge on any atom is -0.486 e. The summed E-state index contributed by atoms with van der Waals surface area (Å²) in [6, 6.07) is 12.9. The number of hydrogen-bond donors (Lipinski definition) is 1. The Bertz CT molecular complexity index is 1130. The molecule has 178 valence electrons. The molecule has 1 aromatic heterocycles. The molecule has 1 N–H and O–H groups in total. The third kappa shape index (κ3) is 5.95. The third-order valence-electron chi connectivity index (χ3n) is 5.45. The molecular formula is C24H26FN5O3S. The molecule has 34 heavy (non-hydrogen) atoms. The number of ether oxygens (including phenoxy) is 1. The maximum atomic E-state index is 13.7. The van der Waals surface area contributed by atoms with Crippen LogP contribution >= 0.6 is 11.3 Å². The standard InChI is InChI=1S/C24H26FN5O3S/c1-2-11-29-12-14-30(15-13-29)24(32)17-7-9-18(10-8-17)33-16-21-27-28-23(34-21)22(31)26-20-6-4-3-5-19(20)25/h3-10H,2,11-16H2,1H3,(H,26,31). The van der Waals surface area contributed by atoms with Crippen molar-refractivity contribution in [1.29, 1.82) is 0 Å². The first-order valence-corrected chi connectivity index (χ1v) is 12.0. The Hall–Kier alpha value is -3.37. The van der Waals surface area contributed by atoms with Crippen LogP contribution in [0.2, 0.25) is 0 Å². The second kappa shape index (κ2) is 11.2. The van der Waals surface area contributed by atoms with E-state index in [4.69, 9.17) is 4.74 Å². The molecule has 3 aromatic rings. The summed E-state index contributed by atoms with van der Waals surface area (Å²) in [6.07, 6.45) is 1.12. The number of para-hydroxylation sites is 1. The van der Waals surface area contributed by atoms with Crippen molar-refractivity contribution in [2.24, 2.45) is 0 Å². The summed E-state index contributed by atoms with van der Waals surface area (Å²) in [5.74, 6) is -0.453. The van der Waals surface area contributed by atoms with E-state index in [-0.39, 0.29) is 23.2 Å². The number of benzene rings is 2. The molecule has 1 saturated heterocycles. The lowest BCUT2D eigenvalue weighted by atomic mass is 10.1. The highest BCUT2D eigenvalue weighted by atomic mass is 32.1. The van der Waals surface area contributed by atoms with Crippen LogP contribution in [0.4, 0.5) is 10.1 Å². The molecule has 1 fully saturated rings. The molecule has 0 radical (unpaired) electrons. The highest BCUT2D eigenvalue weighted by molar-refractivity contribution is 7.13. The number of carbonyl (C=O) groups excluding carboxylic acids is 2. The van der Waals surface area contributed by atoms with E-state index in [2.05, 4.69) is 27.3 Å². The van der Waals surface area contributed by atoms with Crippen LogP contribution in [0.3, 0.4) is 0 Å². The summed E-state index contributed by atoms with van der Waals surface area (Å²) in [5, 5.41) is 10.9. The highest BCUT2D eigenvalue weighted by Gasteiger charge is 2.21. The lowest BCUT2D eigenvalue weighted by molar-refractivity contribution is 0.0637. The quantitative estimate of drug-likeness (QED) is 0.526. The van der Waals surface area contributed by atoms with E-state index in [1.165, 1.54) is 12.1 Å². The Labute approximate surface area is 201 Å². The van der Waals surface area contributed by atoms with E-state index in [9.17, 15) is 14.0 Å². The summed E-state index contributed by atoms with van der Waals surface area (Å²) in [6.45, 7) is 6.64. The summed E-state index contributed by atoms with van der Waals surface area (Å²) < 4.78 is 19.4. The smallest absolute Gasteiger partial charge is 0.286 e. The van der Waals surface area contributed by atoms with Gasteiger partial charge < -0.3 is 15.0 Å². The monoisotopic (exact) mass is 483 g/mol. The molecule has 1 aliphatic rings. The van der Waals surface area contributed by atoms with Crippen LogP contribution in [-0.2, 0) is 6.61 Å². The molecule has 10 heteroatoms. The van der Waals surface area contributed by atoms with Gasteiger partial charge in [-0.15, -0.1) is 10.2 Å². The van der Waals surface area contributed by atoms with E-state index < -0.39 is 11.7 Å². The average Bonchev–Trinajstić information content (AvgIpc) is 3.34. The number of aromatic nitrogens is 2. The average molecular weight is 484 g/mol. The van der Waals surface area contributed by atoms with E-state index in [0.717, 1.165) is 50.5 Å². The summed E-state index contributed by atoms with van der Waals surface area (Å²) in [4.78, 5) is 29.3. The fraction of sp³-hybridized carbons (Fsp3) is 0.333. The van der Waals surface area contributed by atoms with Crippen molar-refractivity contribution in [3.63, 3.8) is 0 Å². The van der Waals surface area contributed by atoms with Crippen LogP contribution in [-0.4, -0.2) is 64.5 Å². The molecule has 0 aliphatic carbocycles. The van der Waals surface area contributed by atoms with Crippen LogP contribution in [0.15, 0.2) is 48.5 Å². The minimum atomic E-state index is -0.535. The zero-order valence-corrected chi connectivity index (χ0v) is 19.7. The van der Waals surface area contributed by atoms with Crippen molar-refractivity contribution in [3.8, 4) is 5.75 Å². The predicted octanol–water partition coefficient (Wildman–Crippen LogP) is 3.68. The van der Waals surface area contributed by atoms with Crippen LogP contribution in [0.5, 0.6) is 5.75 Å². The number of nitrogens with one attached hydrogen (secondary N) is 1. The zero-order chi connectivity index (χ0) is 23.9. The van der Waals surface area contributed by atoms with Crippen LogP contribution < -0.4 is 10.1 Å². The lowest BCUT2D eigenvalue weighted by Crippen LogP contribution is -2.48. The predicted molar refractivity (Wildman–Crippen MR) is 128 cm³/mol. The van der Waals surface area contributed by atoms with Gasteiger partial charge in [0, 0.05) is 31.7 Å². The molecule has 0 unspecified atom stereocenters. The van der Waals surface area contributed by atoms with E-state index >= 15 is 0 Å².